The summed E-state index contributed by atoms with van der Waals surface area (Å²) in [7, 11) is 8.81. The number of nitrogens with two attached hydrogens (primary N) is 1. The summed E-state index contributed by atoms with van der Waals surface area (Å²) in [5, 5.41) is 17.2. The van der Waals surface area contributed by atoms with Crippen molar-refractivity contribution in [2.45, 2.75) is 23.9 Å². The molecule has 0 aliphatic rings. The standard InChI is InChI=1S/2C2H5.CH3NO2.CH2NO2.2H2S.Zn/c2*1-2;2*2-1(3)4;;;/h2*1H2,2H3;2H2,(H,3,4);2H,(H,3,4);2*1H2;/q;;;-1;;;+3/p-2. The first kappa shape index (κ1) is 17.3. The average molecular weight is 311 g/mol. The fraction of sp³-hybridized carbons (Fsp3) is 0.667. The van der Waals surface area contributed by atoms with Crippen LogP contribution in [0.3, 0.4) is 0 Å². The molecule has 0 unspecified atom stereocenters. The van der Waals surface area contributed by atoms with Gasteiger partial charge in [-0.1, -0.05) is 0 Å². The van der Waals surface area contributed by atoms with Gasteiger partial charge < -0.3 is 10.8 Å². The molecule has 0 fully saturated rings. The van der Waals surface area contributed by atoms with Crippen molar-refractivity contribution in [2.75, 3.05) is 0 Å². The molecule has 0 heterocycles. The van der Waals surface area contributed by atoms with Crippen molar-refractivity contribution in [1.29, 1.82) is 0 Å². The zero-order valence-corrected chi connectivity index (χ0v) is 13.6. The molecule has 0 spiro atoms. The number of amides is 2. The largest absolute Gasteiger partial charge is 0.465 e. The summed E-state index contributed by atoms with van der Waals surface area (Å²) in [5.41, 5.74) is 4.03. The van der Waals surface area contributed by atoms with Gasteiger partial charge in [-0.25, -0.2) is 4.79 Å². The van der Waals surface area contributed by atoms with E-state index in [9.17, 15) is 4.79 Å². The molecule has 0 saturated heterocycles. The van der Waals surface area contributed by atoms with Gasteiger partial charge in [0.2, 0.25) is 0 Å². The van der Waals surface area contributed by atoms with Gasteiger partial charge in [-0.2, -0.15) is 0 Å². The summed E-state index contributed by atoms with van der Waals surface area (Å²) < 4.78 is 2.49. The SMILES string of the molecule is C[CH2][Zn]([SH])([SH])([CH2]C)[NH]C(=O)O.NC(=O)O. The van der Waals surface area contributed by atoms with Gasteiger partial charge in [0.1, 0.15) is 0 Å². The third kappa shape index (κ3) is 10.2. The van der Waals surface area contributed by atoms with Crippen LogP contribution in [0, 0.1) is 0 Å². The van der Waals surface area contributed by atoms with Crippen LogP contribution in [0.25, 0.3) is 0 Å². The molecule has 0 saturated carbocycles. The van der Waals surface area contributed by atoms with E-state index in [0.717, 1.165) is 10.0 Å². The maximum atomic E-state index is 10.4. The maximum Gasteiger partial charge on any atom is 0.402 e. The number of nitrogens with one attached hydrogen (secondary N) is 1. The van der Waals surface area contributed by atoms with E-state index < -0.39 is 23.6 Å². The number of thiol groups is 2. The summed E-state index contributed by atoms with van der Waals surface area (Å²) in [4.78, 5) is 19.2. The van der Waals surface area contributed by atoms with Crippen LogP contribution < -0.4 is 9.79 Å². The quantitative estimate of drug-likeness (QED) is 0.354. The first-order valence-corrected chi connectivity index (χ1v) is 19.7. The van der Waals surface area contributed by atoms with Gasteiger partial charge in [0.05, 0.1) is 0 Å². The van der Waals surface area contributed by atoms with Crippen molar-refractivity contribution in [3.63, 3.8) is 0 Å². The summed E-state index contributed by atoms with van der Waals surface area (Å²) in [6.45, 7) is 3.85. The van der Waals surface area contributed by atoms with Crippen LogP contribution >= 0.6 is 21.2 Å². The summed E-state index contributed by atoms with van der Waals surface area (Å²) in [6.07, 6.45) is -2.34. The van der Waals surface area contributed by atoms with Gasteiger partial charge in [0, 0.05) is 0 Å². The van der Waals surface area contributed by atoms with Gasteiger partial charge in [-0.05, 0) is 0 Å². The molecule has 0 aliphatic carbocycles. The van der Waals surface area contributed by atoms with Crippen LogP contribution in [0.5, 0.6) is 0 Å². The summed E-state index contributed by atoms with van der Waals surface area (Å²) >= 11 is -3.62. The Bertz CT molecular complexity index is 237. The van der Waals surface area contributed by atoms with Crippen molar-refractivity contribution in [3.8, 4) is 0 Å². The molecule has 0 aromatic rings. The molecule has 0 radical (unpaired) electrons. The third-order valence-corrected chi connectivity index (χ3v) is 24.8. The predicted molar refractivity (Wildman–Crippen MR) is 62.3 cm³/mol. The van der Waals surface area contributed by atoms with Gasteiger partial charge in [-0.15, -0.1) is 0 Å². The predicted octanol–water partition coefficient (Wildman–Crippen LogP) is 2.05. The molecule has 5 N–H and O–H groups in total. The fourth-order valence-electron chi connectivity index (χ4n) is 0.953. The summed E-state index contributed by atoms with van der Waals surface area (Å²) in [6, 6.07) is 0. The topological polar surface area (TPSA) is 113 Å². The first-order valence-electron chi connectivity index (χ1n) is 4.79. The molecule has 0 atom stereocenters. The molecular weight excluding hydrogens is 294 g/mol. The van der Waals surface area contributed by atoms with Gasteiger partial charge >= 0.3 is 82.7 Å². The Morgan fingerprint density at radius 2 is 1.53 bits per heavy atom. The second-order valence-corrected chi connectivity index (χ2v) is 36.7. The zero-order chi connectivity index (χ0) is 12.7. The average Bonchev–Trinajstić information content (AvgIpc) is 2.02. The number of primary amides is 1. The second-order valence-electron chi connectivity index (χ2n) is 4.03. The molecule has 6 nitrogen and oxygen atoms in total. The number of hydrogen-bond acceptors (Lipinski definition) is 4. The molecule has 0 aliphatic heterocycles. The van der Waals surface area contributed by atoms with Crippen molar-refractivity contribution in [1.82, 2.24) is 4.06 Å². The van der Waals surface area contributed by atoms with E-state index in [1.807, 2.05) is 13.8 Å². The van der Waals surface area contributed by atoms with Crippen molar-refractivity contribution in [3.05, 3.63) is 0 Å². The number of carbonyl (C=O) groups is 2. The van der Waals surface area contributed by atoms with E-state index in [-0.39, 0.29) is 0 Å². The van der Waals surface area contributed by atoms with Crippen LogP contribution in [0.2, 0.25) is 10.0 Å². The van der Waals surface area contributed by atoms with E-state index in [1.54, 1.807) is 0 Å². The third-order valence-electron chi connectivity index (χ3n) is 2.66. The minimum atomic E-state index is -3.62. The number of hydrogen-bond donors (Lipinski definition) is 6. The smallest absolute Gasteiger partial charge is 0.402 e. The molecule has 0 bridgehead atoms. The molecule has 9 heteroatoms. The molecule has 89 valence electrons. The Balaban J connectivity index is 0. The first-order chi connectivity index (χ1) is 6.55. The Morgan fingerprint density at radius 3 is 1.60 bits per heavy atom. The number of rotatable bonds is 3. The van der Waals surface area contributed by atoms with E-state index >= 15 is 0 Å². The molecule has 15 heavy (non-hydrogen) atoms. The Labute approximate surface area is 98.1 Å². The Morgan fingerprint density at radius 1 is 1.27 bits per heavy atom. The normalized spacial score (nSPS) is 11.0. The Hall–Kier alpha value is -0.137. The second kappa shape index (κ2) is 6.45. The molecule has 0 aromatic carbocycles. The molecular formula is C6H17N2O4S2Zn. The van der Waals surface area contributed by atoms with Crippen LogP contribution in [0.1, 0.15) is 13.8 Å². The van der Waals surface area contributed by atoms with E-state index in [4.69, 9.17) is 15.0 Å². The van der Waals surface area contributed by atoms with Gasteiger partial charge in [-0.3, -0.25) is 0 Å². The van der Waals surface area contributed by atoms with E-state index in [0.29, 0.717) is 0 Å². The summed E-state index contributed by atoms with van der Waals surface area (Å²) in [5.74, 6) is 0. The molecule has 0 aromatic heterocycles. The van der Waals surface area contributed by atoms with E-state index in [1.165, 1.54) is 0 Å². The minimum absolute atomic E-state index is 0.740. The monoisotopic (exact) mass is 309 g/mol. The van der Waals surface area contributed by atoms with E-state index in [2.05, 4.69) is 31.0 Å². The van der Waals surface area contributed by atoms with Crippen LogP contribution in [-0.4, -0.2) is 22.4 Å². The fourth-order valence-corrected chi connectivity index (χ4v) is 6.36. The molecule has 0 rings (SSSR count). The van der Waals surface area contributed by atoms with Crippen molar-refractivity contribution >= 4 is 33.4 Å². The van der Waals surface area contributed by atoms with Crippen LogP contribution in [-0.2, 0) is 11.4 Å². The Kier molecular flexibility index (Phi) is 7.42. The minimum Gasteiger partial charge on any atom is -0.465 e. The maximum absolute atomic E-state index is 10.4. The van der Waals surface area contributed by atoms with Crippen molar-refractivity contribution in [2.24, 2.45) is 5.73 Å². The van der Waals surface area contributed by atoms with Gasteiger partial charge in [0.25, 0.3) is 0 Å². The van der Waals surface area contributed by atoms with Crippen LogP contribution in [0.4, 0.5) is 9.59 Å². The zero-order valence-electron chi connectivity index (χ0n) is 8.80. The van der Waals surface area contributed by atoms with Gasteiger partial charge in [0.15, 0.2) is 0 Å². The van der Waals surface area contributed by atoms with Crippen LogP contribution in [0.15, 0.2) is 0 Å². The van der Waals surface area contributed by atoms with Crippen molar-refractivity contribution < 1.29 is 31.2 Å². The number of carboxylic acid groups (broad SMARTS) is 2. The molecule has 2 amide bonds.